The molecule has 0 aliphatic rings. The minimum atomic E-state index is -6.72. The Morgan fingerprint density at radius 1 is 0.861 bits per heavy atom. The average Bonchev–Trinajstić information content (AvgIpc) is 3.21. The van der Waals surface area contributed by atoms with E-state index in [0.717, 1.165) is 16.4 Å². The largest absolute Gasteiger partial charge is 0.494 e. The number of aryl methyl sites for hydroxylation is 1. The summed E-state index contributed by atoms with van der Waals surface area (Å²) in [5.41, 5.74) is -11.2. The van der Waals surface area contributed by atoms with E-state index in [4.69, 9.17) is 4.74 Å². The molecule has 1 aromatic heterocycles. The van der Waals surface area contributed by atoms with Gasteiger partial charge in [0, 0.05) is 0 Å². The lowest BCUT2D eigenvalue weighted by Gasteiger charge is -2.22. The molecule has 1 heterocycles. The maximum atomic E-state index is 11.4. The summed E-state index contributed by atoms with van der Waals surface area (Å²) in [5, 5.41) is 0. The summed E-state index contributed by atoms with van der Waals surface area (Å²) in [7, 11) is -13.4. The molecule has 16 heteroatoms. The Balaban J connectivity index is 0.000000384. The molecule has 0 saturated carbocycles. The lowest BCUT2D eigenvalue weighted by Crippen LogP contribution is -2.30. The molecular weight excluding hydrogens is 540 g/mol. The van der Waals surface area contributed by atoms with E-state index < -0.39 is 31.1 Å². The zero-order valence-corrected chi connectivity index (χ0v) is 21.1. The molecule has 206 valence electrons. The lowest BCUT2D eigenvalue weighted by molar-refractivity contribution is -0.696. The van der Waals surface area contributed by atoms with Crippen LogP contribution in [0.5, 0.6) is 5.75 Å². The smallest absolute Gasteiger partial charge is 0.480 e. The van der Waals surface area contributed by atoms with E-state index in [-0.39, 0.29) is 0 Å². The third kappa shape index (κ3) is 9.97. The van der Waals surface area contributed by atoms with E-state index in [1.165, 1.54) is 37.8 Å². The third-order valence-corrected chi connectivity index (χ3v) is 7.18. The second-order valence-electron chi connectivity index (χ2n) is 7.32. The predicted molar refractivity (Wildman–Crippen MR) is 119 cm³/mol. The molecule has 0 aliphatic heterocycles. The first-order valence-electron chi connectivity index (χ1n) is 10.7. The van der Waals surface area contributed by atoms with E-state index in [9.17, 15) is 43.2 Å². The number of aromatic nitrogens is 2. The predicted octanol–water partition coefficient (Wildman–Crippen LogP) is 5.19. The summed E-state index contributed by atoms with van der Waals surface area (Å²) in [6.45, 7) is 6.07. The quantitative estimate of drug-likeness (QED) is 0.211. The number of ether oxygens (including phenoxy) is 1. The van der Waals surface area contributed by atoms with Crippen LogP contribution in [0.1, 0.15) is 46.0 Å². The van der Waals surface area contributed by atoms with Gasteiger partial charge in [-0.05, 0) is 44.0 Å². The van der Waals surface area contributed by atoms with E-state index in [0.29, 0.717) is 6.61 Å². The van der Waals surface area contributed by atoms with Crippen LogP contribution in [0.4, 0.5) is 26.3 Å². The highest BCUT2D eigenvalue weighted by atomic mass is 32.3. The molecule has 2 rings (SSSR count). The van der Waals surface area contributed by atoms with Gasteiger partial charge in [0.15, 0.2) is 20.0 Å². The van der Waals surface area contributed by atoms with E-state index in [1.807, 2.05) is 19.1 Å². The van der Waals surface area contributed by atoms with Gasteiger partial charge < -0.3 is 8.86 Å². The van der Waals surface area contributed by atoms with Gasteiger partial charge in [0.2, 0.25) is 6.33 Å². The highest BCUT2D eigenvalue weighted by Crippen LogP contribution is 2.36. The Bertz CT molecular complexity index is 1100. The Hall–Kier alpha value is -2.33. The fourth-order valence-electron chi connectivity index (χ4n) is 2.67. The van der Waals surface area contributed by atoms with Crippen molar-refractivity contribution in [2.75, 3.05) is 6.61 Å². The maximum Gasteiger partial charge on any atom is 0.480 e. The van der Waals surface area contributed by atoms with Crippen LogP contribution >= 0.6 is 0 Å². The molecule has 8 nitrogen and oxygen atoms in total. The van der Waals surface area contributed by atoms with Gasteiger partial charge in [-0.3, -0.25) is 0 Å². The van der Waals surface area contributed by atoms with Crippen LogP contribution in [0.2, 0.25) is 0 Å². The van der Waals surface area contributed by atoms with Crippen molar-refractivity contribution in [3.8, 4) is 11.4 Å². The molecule has 0 atom stereocenters. The number of unbranched alkanes of at least 4 members (excludes halogenated alkanes) is 4. The summed E-state index contributed by atoms with van der Waals surface area (Å²) in [5.74, 6) is 0.928. The normalized spacial score (nSPS) is 12.7. The molecule has 0 saturated heterocycles. The van der Waals surface area contributed by atoms with Crippen LogP contribution in [0.15, 0.2) is 43.0 Å². The standard InChI is InChI=1S/C18H27N2O.C2F6NO4S2/c1-3-5-6-7-8-13-19-14-15-20(16-19)17-9-11-18(12-10-17)21-4-2;3-1(4,5)14(10,11)9-15(12,13)2(6,7)8/h9-12,14-16H,3-8,13H2,1-2H3;/q+1;-1. The van der Waals surface area contributed by atoms with Gasteiger partial charge in [-0.25, -0.2) is 26.0 Å². The molecule has 0 fully saturated rings. The Morgan fingerprint density at radius 3 is 1.86 bits per heavy atom. The highest BCUT2D eigenvalue weighted by Gasteiger charge is 2.46. The number of hydrogen-bond acceptors (Lipinski definition) is 5. The fraction of sp³-hybridized carbons (Fsp3) is 0.550. The molecule has 0 aliphatic carbocycles. The molecule has 0 spiro atoms. The van der Waals surface area contributed by atoms with Crippen LogP contribution in [0, 0.1) is 0 Å². The number of hydrogen-bond donors (Lipinski definition) is 0. The van der Waals surface area contributed by atoms with E-state index >= 15 is 0 Å². The fourth-order valence-corrected chi connectivity index (χ4v) is 4.38. The van der Waals surface area contributed by atoms with Crippen LogP contribution in [-0.2, 0) is 26.6 Å². The topological polar surface area (TPSA) is 100 Å². The molecule has 2 aromatic rings. The van der Waals surface area contributed by atoms with Gasteiger partial charge in [0.1, 0.15) is 23.8 Å². The molecule has 0 amide bonds. The van der Waals surface area contributed by atoms with E-state index in [2.05, 4.69) is 46.9 Å². The van der Waals surface area contributed by atoms with Crippen LogP contribution < -0.4 is 9.30 Å². The van der Waals surface area contributed by atoms with Gasteiger partial charge in [0.25, 0.3) is 0 Å². The summed E-state index contributed by atoms with van der Waals surface area (Å²) in [6.07, 6.45) is 13.0. The highest BCUT2D eigenvalue weighted by molar-refractivity contribution is 8.13. The van der Waals surface area contributed by atoms with Gasteiger partial charge in [0.05, 0.1) is 13.2 Å². The van der Waals surface area contributed by atoms with Crippen molar-refractivity contribution in [2.24, 2.45) is 0 Å². The minimum Gasteiger partial charge on any atom is -0.494 e. The molecule has 1 aromatic carbocycles. The maximum absolute atomic E-state index is 11.4. The van der Waals surface area contributed by atoms with Gasteiger partial charge in [-0.15, -0.1) is 0 Å². The summed E-state index contributed by atoms with van der Waals surface area (Å²) in [6, 6.07) is 8.23. The molecule has 0 N–H and O–H groups in total. The van der Waals surface area contributed by atoms with E-state index in [1.54, 1.807) is 0 Å². The van der Waals surface area contributed by atoms with Crippen molar-refractivity contribution in [1.82, 2.24) is 4.57 Å². The Kier molecular flexibility index (Phi) is 11.7. The van der Waals surface area contributed by atoms with Crippen molar-refractivity contribution in [1.29, 1.82) is 0 Å². The number of rotatable bonds is 11. The Labute approximate surface area is 206 Å². The number of halogens is 6. The van der Waals surface area contributed by atoms with Gasteiger partial charge >= 0.3 is 11.0 Å². The van der Waals surface area contributed by atoms with Gasteiger partial charge in [-0.2, -0.15) is 26.3 Å². The molecule has 0 bridgehead atoms. The number of nitrogens with zero attached hydrogens (tertiary/aromatic N) is 3. The SMILES string of the molecule is CCCCCCC[n+]1ccn(-c2ccc(OCC)cc2)c1.O=S(=O)([N-]S(=O)(=O)C(F)(F)F)C(F)(F)F. The average molecular weight is 568 g/mol. The first-order chi connectivity index (χ1) is 16.5. The van der Waals surface area contributed by atoms with Crippen LogP contribution in [-0.4, -0.2) is 39.0 Å². The molecule has 36 heavy (non-hydrogen) atoms. The summed E-state index contributed by atoms with van der Waals surface area (Å²) in [4.78, 5) is 0. The van der Waals surface area contributed by atoms with Crippen LogP contribution in [0.25, 0.3) is 9.81 Å². The number of alkyl halides is 6. The number of benzene rings is 1. The summed E-state index contributed by atoms with van der Waals surface area (Å²) >= 11 is 0. The molecule has 0 radical (unpaired) electrons. The van der Waals surface area contributed by atoms with Crippen molar-refractivity contribution >= 4 is 20.0 Å². The second-order valence-corrected chi connectivity index (χ2v) is 10.7. The van der Waals surface area contributed by atoms with Crippen molar-refractivity contribution in [3.05, 3.63) is 47.1 Å². The first kappa shape index (κ1) is 31.7. The lowest BCUT2D eigenvalue weighted by atomic mass is 10.1. The monoisotopic (exact) mass is 567 g/mol. The zero-order valence-electron chi connectivity index (χ0n) is 19.5. The number of sulfonamides is 2. The third-order valence-electron chi connectivity index (χ3n) is 4.44. The zero-order chi connectivity index (χ0) is 27.6. The Morgan fingerprint density at radius 2 is 1.39 bits per heavy atom. The molecular formula is C20H27F6N3O5S2. The van der Waals surface area contributed by atoms with Crippen LogP contribution in [0.3, 0.4) is 0 Å². The number of imidazole rings is 1. The second kappa shape index (κ2) is 13.3. The van der Waals surface area contributed by atoms with Crippen molar-refractivity contribution in [2.45, 2.75) is 63.5 Å². The minimum absolute atomic E-state index is 0.709. The molecule has 0 unspecified atom stereocenters. The summed E-state index contributed by atoms with van der Waals surface area (Å²) < 4.78 is 119. The van der Waals surface area contributed by atoms with Gasteiger partial charge in [-0.1, -0.05) is 26.2 Å². The van der Waals surface area contributed by atoms with Crippen molar-refractivity contribution < 1.29 is 52.5 Å². The van der Waals surface area contributed by atoms with Crippen molar-refractivity contribution in [3.63, 3.8) is 0 Å². The first-order valence-corrected chi connectivity index (χ1v) is 13.6.